The number of carbonyl (C=O) groups is 2. The molecule has 18 heavy (non-hydrogen) atoms. The predicted molar refractivity (Wildman–Crippen MR) is 67.9 cm³/mol. The van der Waals surface area contributed by atoms with E-state index in [1.807, 2.05) is 0 Å². The van der Waals surface area contributed by atoms with Gasteiger partial charge in [-0.2, -0.15) is 0 Å². The number of nitrogens with one attached hydrogen (secondary N) is 1. The van der Waals surface area contributed by atoms with Gasteiger partial charge in [-0.1, -0.05) is 13.0 Å². The average molecular weight is 318 g/mol. The summed E-state index contributed by atoms with van der Waals surface area (Å²) in [4.78, 5) is 22.2. The summed E-state index contributed by atoms with van der Waals surface area (Å²) >= 11 is 3.10. The molecule has 0 heterocycles. The molecule has 0 saturated heterocycles. The van der Waals surface area contributed by atoms with Crippen molar-refractivity contribution >= 4 is 27.8 Å². The summed E-state index contributed by atoms with van der Waals surface area (Å²) in [6.45, 7) is 1.89. The number of amides is 1. The summed E-state index contributed by atoms with van der Waals surface area (Å²) in [6.07, 6.45) is -0.0429. The Morgan fingerprint density at radius 3 is 2.72 bits per heavy atom. The van der Waals surface area contributed by atoms with Gasteiger partial charge in [-0.05, 0) is 34.0 Å². The van der Waals surface area contributed by atoms with Crippen molar-refractivity contribution in [2.45, 2.75) is 13.3 Å². The minimum absolute atomic E-state index is 0.0429. The second-order valence-electron chi connectivity index (χ2n) is 4.01. The van der Waals surface area contributed by atoms with Crippen molar-refractivity contribution in [1.82, 2.24) is 5.32 Å². The van der Waals surface area contributed by atoms with E-state index in [1.165, 1.54) is 12.1 Å². The Morgan fingerprint density at radius 1 is 1.50 bits per heavy atom. The molecule has 0 bridgehead atoms. The summed E-state index contributed by atoms with van der Waals surface area (Å²) in [5, 5.41) is 11.1. The first kappa shape index (κ1) is 14.6. The third-order valence-corrected chi connectivity index (χ3v) is 2.98. The second kappa shape index (κ2) is 6.49. The van der Waals surface area contributed by atoms with Crippen LogP contribution < -0.4 is 5.32 Å². The number of hydrogen-bond acceptors (Lipinski definition) is 2. The molecule has 1 aromatic carbocycles. The number of hydrogen-bond donors (Lipinski definition) is 2. The Labute approximate surface area is 112 Å². The van der Waals surface area contributed by atoms with Gasteiger partial charge < -0.3 is 10.4 Å². The maximum absolute atomic E-state index is 13.5. The molecular weight excluding hydrogens is 305 g/mol. The first-order valence-electron chi connectivity index (χ1n) is 5.35. The number of carbonyl (C=O) groups excluding carboxylic acids is 1. The Kier molecular flexibility index (Phi) is 5.27. The standard InChI is InChI=1S/C12H13BrFNO3/c1-7(5-10(16)17)6-15-12(18)11-8(13)3-2-4-9(11)14/h2-4,7H,5-6H2,1H3,(H,15,18)(H,16,17). The predicted octanol–water partition coefficient (Wildman–Crippen LogP) is 2.43. The van der Waals surface area contributed by atoms with Gasteiger partial charge in [0, 0.05) is 17.4 Å². The number of rotatable bonds is 5. The van der Waals surface area contributed by atoms with E-state index in [9.17, 15) is 14.0 Å². The van der Waals surface area contributed by atoms with Gasteiger partial charge in [-0.25, -0.2) is 4.39 Å². The SMILES string of the molecule is CC(CNC(=O)c1c(F)cccc1Br)CC(=O)O. The van der Waals surface area contributed by atoms with Crippen LogP contribution >= 0.6 is 15.9 Å². The minimum Gasteiger partial charge on any atom is -0.481 e. The molecule has 98 valence electrons. The molecule has 0 aliphatic rings. The zero-order chi connectivity index (χ0) is 13.7. The molecule has 0 saturated carbocycles. The first-order valence-corrected chi connectivity index (χ1v) is 6.15. The topological polar surface area (TPSA) is 66.4 Å². The zero-order valence-corrected chi connectivity index (χ0v) is 11.3. The summed E-state index contributed by atoms with van der Waals surface area (Å²) in [5.74, 6) is -2.31. The van der Waals surface area contributed by atoms with Crippen LogP contribution in [0.2, 0.25) is 0 Å². The Morgan fingerprint density at radius 2 is 2.17 bits per heavy atom. The van der Waals surface area contributed by atoms with E-state index in [4.69, 9.17) is 5.11 Å². The number of benzene rings is 1. The monoisotopic (exact) mass is 317 g/mol. The van der Waals surface area contributed by atoms with Crippen molar-refractivity contribution < 1.29 is 19.1 Å². The Hall–Kier alpha value is -1.43. The summed E-state index contributed by atoms with van der Waals surface area (Å²) < 4.78 is 13.8. The molecule has 1 atom stereocenters. The Bertz CT molecular complexity index is 444. The molecule has 1 aromatic rings. The number of carboxylic acid groups (broad SMARTS) is 1. The maximum Gasteiger partial charge on any atom is 0.303 e. The van der Waals surface area contributed by atoms with Crippen LogP contribution in [0.3, 0.4) is 0 Å². The van der Waals surface area contributed by atoms with Crippen LogP contribution in [0.25, 0.3) is 0 Å². The van der Waals surface area contributed by atoms with Gasteiger partial charge in [0.2, 0.25) is 0 Å². The fourth-order valence-electron chi connectivity index (χ4n) is 1.44. The second-order valence-corrected chi connectivity index (χ2v) is 4.86. The quantitative estimate of drug-likeness (QED) is 0.876. The fourth-order valence-corrected chi connectivity index (χ4v) is 1.96. The molecule has 6 heteroatoms. The molecule has 4 nitrogen and oxygen atoms in total. The molecule has 0 radical (unpaired) electrons. The van der Waals surface area contributed by atoms with Crippen LogP contribution in [0.1, 0.15) is 23.7 Å². The lowest BCUT2D eigenvalue weighted by atomic mass is 10.1. The van der Waals surface area contributed by atoms with E-state index in [0.717, 1.165) is 0 Å². The molecule has 1 amide bonds. The van der Waals surface area contributed by atoms with Crippen molar-refractivity contribution in [1.29, 1.82) is 0 Å². The molecule has 2 N–H and O–H groups in total. The van der Waals surface area contributed by atoms with Crippen LogP contribution in [0, 0.1) is 11.7 Å². The molecule has 0 aromatic heterocycles. The summed E-state index contributed by atoms with van der Waals surface area (Å²) in [7, 11) is 0. The van der Waals surface area contributed by atoms with E-state index in [1.54, 1.807) is 13.0 Å². The number of aliphatic carboxylic acids is 1. The number of halogens is 2. The van der Waals surface area contributed by atoms with Gasteiger partial charge in [0.05, 0.1) is 5.56 Å². The van der Waals surface area contributed by atoms with Gasteiger partial charge >= 0.3 is 5.97 Å². The highest BCUT2D eigenvalue weighted by atomic mass is 79.9. The van der Waals surface area contributed by atoms with Crippen LogP contribution in [0.15, 0.2) is 22.7 Å². The lowest BCUT2D eigenvalue weighted by Crippen LogP contribution is -2.30. The minimum atomic E-state index is -0.927. The van der Waals surface area contributed by atoms with Crippen LogP contribution in [0.5, 0.6) is 0 Å². The highest BCUT2D eigenvalue weighted by Gasteiger charge is 2.16. The van der Waals surface area contributed by atoms with Gasteiger partial charge in [0.1, 0.15) is 5.82 Å². The molecule has 0 aliphatic heterocycles. The van der Waals surface area contributed by atoms with Crippen molar-refractivity contribution in [2.75, 3.05) is 6.54 Å². The van der Waals surface area contributed by atoms with Gasteiger partial charge in [-0.3, -0.25) is 9.59 Å². The fraction of sp³-hybridized carbons (Fsp3) is 0.333. The van der Waals surface area contributed by atoms with E-state index < -0.39 is 17.7 Å². The molecule has 0 fully saturated rings. The van der Waals surface area contributed by atoms with Crippen molar-refractivity contribution in [2.24, 2.45) is 5.92 Å². The third kappa shape index (κ3) is 4.10. The highest BCUT2D eigenvalue weighted by Crippen LogP contribution is 2.19. The van der Waals surface area contributed by atoms with Gasteiger partial charge in [0.25, 0.3) is 5.91 Å². The average Bonchev–Trinajstić information content (AvgIpc) is 2.25. The highest BCUT2D eigenvalue weighted by molar-refractivity contribution is 9.10. The molecule has 0 aliphatic carbocycles. The first-order chi connectivity index (χ1) is 8.41. The van der Waals surface area contributed by atoms with Crippen LogP contribution in [-0.2, 0) is 4.79 Å². The van der Waals surface area contributed by atoms with Crippen molar-refractivity contribution in [3.63, 3.8) is 0 Å². The lowest BCUT2D eigenvalue weighted by molar-refractivity contribution is -0.137. The molecular formula is C12H13BrFNO3. The van der Waals surface area contributed by atoms with E-state index >= 15 is 0 Å². The number of carboxylic acids is 1. The normalized spacial score (nSPS) is 11.9. The van der Waals surface area contributed by atoms with Gasteiger partial charge in [0.15, 0.2) is 0 Å². The molecule has 1 rings (SSSR count). The van der Waals surface area contributed by atoms with Crippen LogP contribution in [0.4, 0.5) is 4.39 Å². The summed E-state index contributed by atoms with van der Waals surface area (Å²) in [5.41, 5.74) is -0.0694. The van der Waals surface area contributed by atoms with E-state index in [-0.39, 0.29) is 24.4 Å². The van der Waals surface area contributed by atoms with Gasteiger partial charge in [-0.15, -0.1) is 0 Å². The van der Waals surface area contributed by atoms with E-state index in [2.05, 4.69) is 21.2 Å². The summed E-state index contributed by atoms with van der Waals surface area (Å²) in [6, 6.07) is 4.25. The lowest BCUT2D eigenvalue weighted by Gasteiger charge is -2.11. The smallest absolute Gasteiger partial charge is 0.303 e. The van der Waals surface area contributed by atoms with Crippen molar-refractivity contribution in [3.05, 3.63) is 34.1 Å². The Balaban J connectivity index is 2.63. The maximum atomic E-state index is 13.5. The zero-order valence-electron chi connectivity index (χ0n) is 9.74. The van der Waals surface area contributed by atoms with Crippen molar-refractivity contribution in [3.8, 4) is 0 Å². The largest absolute Gasteiger partial charge is 0.481 e. The molecule has 1 unspecified atom stereocenters. The van der Waals surface area contributed by atoms with E-state index in [0.29, 0.717) is 4.47 Å². The van der Waals surface area contributed by atoms with Crippen LogP contribution in [-0.4, -0.2) is 23.5 Å². The molecule has 0 spiro atoms. The third-order valence-electron chi connectivity index (χ3n) is 2.32.